The highest BCUT2D eigenvalue weighted by Gasteiger charge is 2.42. The Bertz CT molecular complexity index is 592. The Morgan fingerprint density at radius 1 is 1.24 bits per heavy atom. The minimum atomic E-state index is -4.30. The summed E-state index contributed by atoms with van der Waals surface area (Å²) in [6, 6.07) is -0.744. The van der Waals surface area contributed by atoms with Crippen molar-refractivity contribution in [1.29, 1.82) is 0 Å². The van der Waals surface area contributed by atoms with Gasteiger partial charge in [-0.2, -0.15) is 13.2 Å². The molecule has 1 heterocycles. The molecule has 0 bridgehead atoms. The Labute approximate surface area is 125 Å². The first-order valence-electron chi connectivity index (χ1n) is 6.25. The molecule has 0 radical (unpaired) electrons. The summed E-state index contributed by atoms with van der Waals surface area (Å²) in [7, 11) is -3.95. The Morgan fingerprint density at radius 2 is 1.86 bits per heavy atom. The van der Waals surface area contributed by atoms with E-state index >= 15 is 0 Å². The Hall–Kier alpha value is -0.930. The fourth-order valence-electron chi connectivity index (χ4n) is 2.32. The number of nitrogens with one attached hydrogen (secondary N) is 1. The van der Waals surface area contributed by atoms with Crippen LogP contribution in [0.25, 0.3) is 0 Å². The topological polar surface area (TPSA) is 72.0 Å². The second-order valence-electron chi connectivity index (χ2n) is 4.91. The fourth-order valence-corrected chi connectivity index (χ4v) is 3.59. The zero-order valence-electron chi connectivity index (χ0n) is 10.8. The van der Waals surface area contributed by atoms with Crippen molar-refractivity contribution < 1.29 is 21.6 Å². The average molecular weight is 344 g/mol. The number of sulfonamides is 1. The predicted octanol–water partition coefficient (Wildman–Crippen LogP) is 2.53. The zero-order valence-corrected chi connectivity index (χ0v) is 12.3. The number of rotatable bonds is 3. The summed E-state index contributed by atoms with van der Waals surface area (Å²) in [6.45, 7) is 0. The van der Waals surface area contributed by atoms with E-state index in [0.717, 1.165) is 12.4 Å². The van der Waals surface area contributed by atoms with Gasteiger partial charge in [0.05, 0.1) is 18.3 Å². The van der Waals surface area contributed by atoms with Crippen molar-refractivity contribution in [3.8, 4) is 0 Å². The number of hydrogen-bond acceptors (Lipinski definition) is 4. The molecule has 1 aliphatic rings. The largest absolute Gasteiger partial charge is 0.391 e. The standard InChI is InChI=1S/C11H13ClF3N3O2S/c12-10-16-5-9(6-17-10)21(19,20)18-8-3-1-2-7(4-8)11(13,14)15/h5-8,18H,1-4H2. The SMILES string of the molecule is O=S(=O)(NC1CCCC(C(F)(F)F)C1)c1cnc(Cl)nc1. The van der Waals surface area contributed by atoms with Crippen LogP contribution in [0.2, 0.25) is 5.28 Å². The first kappa shape index (κ1) is 16.4. The van der Waals surface area contributed by atoms with Gasteiger partial charge >= 0.3 is 6.18 Å². The molecule has 0 amide bonds. The van der Waals surface area contributed by atoms with Crippen molar-refractivity contribution in [1.82, 2.24) is 14.7 Å². The van der Waals surface area contributed by atoms with Gasteiger partial charge in [-0.05, 0) is 30.9 Å². The summed E-state index contributed by atoms with van der Waals surface area (Å²) < 4.78 is 64.5. The van der Waals surface area contributed by atoms with Crippen LogP contribution in [0.5, 0.6) is 0 Å². The molecular weight excluding hydrogens is 331 g/mol. The summed E-state index contributed by atoms with van der Waals surface area (Å²) in [4.78, 5) is 6.87. The molecule has 10 heteroatoms. The van der Waals surface area contributed by atoms with E-state index in [-0.39, 0.29) is 23.0 Å². The summed E-state index contributed by atoms with van der Waals surface area (Å²) >= 11 is 5.46. The van der Waals surface area contributed by atoms with E-state index in [1.54, 1.807) is 0 Å². The van der Waals surface area contributed by atoms with Gasteiger partial charge in [0, 0.05) is 6.04 Å². The Kier molecular flexibility index (Phi) is 4.74. The van der Waals surface area contributed by atoms with Crippen molar-refractivity contribution in [2.75, 3.05) is 0 Å². The molecule has 1 aromatic rings. The quantitative estimate of drug-likeness (QED) is 0.856. The van der Waals surface area contributed by atoms with E-state index in [1.165, 1.54) is 0 Å². The first-order chi connectivity index (χ1) is 9.68. The summed E-state index contributed by atoms with van der Waals surface area (Å²) in [5, 5.41) is -0.108. The molecule has 0 aliphatic heterocycles. The maximum absolute atomic E-state index is 12.7. The van der Waals surface area contributed by atoms with Gasteiger partial charge in [-0.15, -0.1) is 0 Å². The van der Waals surface area contributed by atoms with Crippen molar-refractivity contribution in [3.63, 3.8) is 0 Å². The molecule has 2 unspecified atom stereocenters. The second kappa shape index (κ2) is 6.05. The molecule has 1 aromatic heterocycles. The van der Waals surface area contributed by atoms with Crippen LogP contribution in [0.15, 0.2) is 17.3 Å². The zero-order chi connectivity index (χ0) is 15.7. The molecule has 118 valence electrons. The maximum Gasteiger partial charge on any atom is 0.391 e. The first-order valence-corrected chi connectivity index (χ1v) is 8.11. The molecule has 1 fully saturated rings. The average Bonchev–Trinajstić information content (AvgIpc) is 2.38. The molecule has 0 spiro atoms. The molecule has 0 aromatic carbocycles. The van der Waals surface area contributed by atoms with E-state index in [4.69, 9.17) is 11.6 Å². The van der Waals surface area contributed by atoms with Gasteiger partial charge in [0.25, 0.3) is 0 Å². The predicted molar refractivity (Wildman–Crippen MR) is 69.2 cm³/mol. The van der Waals surface area contributed by atoms with Crippen LogP contribution in [0.3, 0.4) is 0 Å². The molecule has 2 rings (SSSR count). The van der Waals surface area contributed by atoms with Crippen LogP contribution in [-0.4, -0.2) is 30.6 Å². The molecule has 0 saturated heterocycles. The minimum Gasteiger partial charge on any atom is -0.225 e. The van der Waals surface area contributed by atoms with Crippen LogP contribution in [0, 0.1) is 5.92 Å². The van der Waals surface area contributed by atoms with Crippen LogP contribution in [0.1, 0.15) is 25.7 Å². The lowest BCUT2D eigenvalue weighted by atomic mass is 9.86. The molecule has 1 saturated carbocycles. The van der Waals surface area contributed by atoms with E-state index in [0.29, 0.717) is 12.8 Å². The van der Waals surface area contributed by atoms with Crippen molar-refractivity contribution in [2.24, 2.45) is 5.92 Å². The van der Waals surface area contributed by atoms with Crippen LogP contribution < -0.4 is 4.72 Å². The number of halogens is 4. The second-order valence-corrected chi connectivity index (χ2v) is 6.96. The van der Waals surface area contributed by atoms with Crippen molar-refractivity contribution in [2.45, 2.75) is 42.8 Å². The number of hydrogen-bond donors (Lipinski definition) is 1. The number of nitrogens with zero attached hydrogens (tertiary/aromatic N) is 2. The van der Waals surface area contributed by atoms with Crippen LogP contribution in [0.4, 0.5) is 13.2 Å². The van der Waals surface area contributed by atoms with Crippen LogP contribution >= 0.6 is 11.6 Å². The smallest absolute Gasteiger partial charge is 0.225 e. The molecule has 1 aliphatic carbocycles. The van der Waals surface area contributed by atoms with E-state index in [9.17, 15) is 21.6 Å². The Balaban J connectivity index is 2.08. The summed E-state index contributed by atoms with van der Waals surface area (Å²) in [5.41, 5.74) is 0. The van der Waals surface area contributed by atoms with Crippen molar-refractivity contribution in [3.05, 3.63) is 17.7 Å². The van der Waals surface area contributed by atoms with Gasteiger partial charge in [-0.3, -0.25) is 0 Å². The molecular formula is C11H13ClF3N3O2S. The van der Waals surface area contributed by atoms with Crippen molar-refractivity contribution >= 4 is 21.6 Å². The highest BCUT2D eigenvalue weighted by Crippen LogP contribution is 2.37. The monoisotopic (exact) mass is 343 g/mol. The third-order valence-corrected chi connectivity index (χ3v) is 5.04. The van der Waals surface area contributed by atoms with E-state index < -0.39 is 28.2 Å². The number of alkyl halides is 3. The third kappa shape index (κ3) is 4.27. The molecule has 1 N–H and O–H groups in total. The van der Waals surface area contributed by atoms with E-state index in [2.05, 4.69) is 14.7 Å². The van der Waals surface area contributed by atoms with Gasteiger partial charge in [-0.25, -0.2) is 23.1 Å². The lowest BCUT2D eigenvalue weighted by molar-refractivity contribution is -0.183. The van der Waals surface area contributed by atoms with Gasteiger partial charge in [0.2, 0.25) is 15.3 Å². The van der Waals surface area contributed by atoms with Gasteiger partial charge in [0.15, 0.2) is 0 Å². The van der Waals surface area contributed by atoms with Crippen LogP contribution in [-0.2, 0) is 10.0 Å². The normalized spacial score (nSPS) is 24.0. The Morgan fingerprint density at radius 3 is 2.43 bits per heavy atom. The van der Waals surface area contributed by atoms with Gasteiger partial charge in [0.1, 0.15) is 4.90 Å². The van der Waals surface area contributed by atoms with E-state index in [1.807, 2.05) is 0 Å². The highest BCUT2D eigenvalue weighted by atomic mass is 35.5. The molecule has 21 heavy (non-hydrogen) atoms. The lowest BCUT2D eigenvalue weighted by Crippen LogP contribution is -2.41. The summed E-state index contributed by atoms with van der Waals surface area (Å²) in [6.07, 6.45) is -1.78. The fraction of sp³-hybridized carbons (Fsp3) is 0.636. The third-order valence-electron chi connectivity index (χ3n) is 3.37. The highest BCUT2D eigenvalue weighted by molar-refractivity contribution is 7.89. The molecule has 2 atom stereocenters. The van der Waals surface area contributed by atoms with Gasteiger partial charge in [-0.1, -0.05) is 6.42 Å². The molecule has 5 nitrogen and oxygen atoms in total. The number of aromatic nitrogens is 2. The minimum absolute atomic E-state index is 0.0335. The maximum atomic E-state index is 12.7. The van der Waals surface area contributed by atoms with Gasteiger partial charge < -0.3 is 0 Å². The lowest BCUT2D eigenvalue weighted by Gasteiger charge is -2.30. The summed E-state index contributed by atoms with van der Waals surface area (Å²) in [5.74, 6) is -1.47.